The fourth-order valence-electron chi connectivity index (χ4n) is 5.27. The van der Waals surface area contributed by atoms with Gasteiger partial charge in [0.05, 0.1) is 6.10 Å². The molecule has 244 valence electrons. The molecule has 5 aliphatic carbocycles. The molecule has 0 heterocycles. The summed E-state index contributed by atoms with van der Waals surface area (Å²) in [6.07, 6.45) is 29.6. The Morgan fingerprint density at radius 3 is 1.41 bits per heavy atom. The Kier molecular flexibility index (Phi) is 53.8. The average molecular weight is 948 g/mol. The molecular formula is C32H50Br4Cl3LiMg2O2. The number of aliphatic hydroxyl groups is 1. The van der Waals surface area contributed by atoms with Crippen LogP contribution in [0.25, 0.3) is 0 Å². The Morgan fingerprint density at radius 1 is 0.705 bits per heavy atom. The smallest absolute Gasteiger partial charge is 1.00 e. The van der Waals surface area contributed by atoms with Crippen LogP contribution in [0.4, 0.5) is 0 Å². The van der Waals surface area contributed by atoms with Gasteiger partial charge in [0.2, 0.25) is 0 Å². The molecular weight excluding hydrogens is 898 g/mol. The molecule has 0 aromatic carbocycles. The van der Waals surface area contributed by atoms with Gasteiger partial charge in [-0.3, -0.25) is 0 Å². The Labute approximate surface area is 367 Å². The first-order valence-corrected chi connectivity index (χ1v) is 18.0. The van der Waals surface area contributed by atoms with Crippen LogP contribution in [-0.2, 0) is 4.79 Å². The van der Waals surface area contributed by atoms with Crippen LogP contribution in [0, 0.1) is 24.3 Å². The zero-order chi connectivity index (χ0) is 28.2. The van der Waals surface area contributed by atoms with Crippen molar-refractivity contribution < 1.29 is 66.0 Å². The molecule has 0 aromatic rings. The number of hydrogen-bond donors (Lipinski definition) is 1. The van der Waals surface area contributed by atoms with Crippen molar-refractivity contribution in [3.63, 3.8) is 0 Å². The fourth-order valence-corrected chi connectivity index (χ4v) is 7.42. The normalized spacial score (nSPS) is 19.5. The summed E-state index contributed by atoms with van der Waals surface area (Å²) in [6.45, 7) is 4.00. The molecule has 5 aliphatic rings. The molecule has 0 bridgehead atoms. The number of rotatable bonds is 3. The first-order chi connectivity index (χ1) is 18.3. The van der Waals surface area contributed by atoms with E-state index in [0.29, 0.717) is 11.8 Å². The molecule has 0 saturated heterocycles. The second kappa shape index (κ2) is 39.6. The van der Waals surface area contributed by atoms with Crippen LogP contribution in [0.1, 0.15) is 136 Å². The maximum atomic E-state index is 10.3. The first-order valence-electron chi connectivity index (χ1n) is 14.9. The predicted molar refractivity (Wildman–Crippen MR) is 190 cm³/mol. The molecule has 2 saturated carbocycles. The molecule has 0 amide bonds. The van der Waals surface area contributed by atoms with E-state index in [9.17, 15) is 9.90 Å². The molecule has 0 spiro atoms. The van der Waals surface area contributed by atoms with Crippen molar-refractivity contribution in [2.24, 2.45) is 11.8 Å². The molecule has 44 heavy (non-hydrogen) atoms. The van der Waals surface area contributed by atoms with Crippen molar-refractivity contribution in [2.45, 2.75) is 142 Å². The Morgan fingerprint density at radius 2 is 1.14 bits per heavy atom. The molecule has 2 nitrogen and oxygen atoms in total. The summed E-state index contributed by atoms with van der Waals surface area (Å²) in [7, 11) is 0. The standard InChI is InChI=1S/C12H19BrO.C7H12O.C5H6Br2.C5H6Br.C3H7.3ClH.Li.2Mg/c13-11-8-4-7-10(11)12(14)9-5-2-1-3-6-9;8-6-7-4-2-1-3-5-7;6-4-2-1-3-5(4)7;6-5-3-1-2-4-5;1-3-2;;;;;;/h9,12,14H,1-8H2;6-7H,1-5H2;1-3H2;1-3H2;3H,1-2H3;3*1H;;;/q;;;2*-1;;;;+1;2*+2/p-3. The third kappa shape index (κ3) is 28.5. The summed E-state index contributed by atoms with van der Waals surface area (Å²) in [5.74, 6) is 0.952. The maximum absolute atomic E-state index is 10.3. The molecule has 0 aromatic heterocycles. The van der Waals surface area contributed by atoms with Crippen molar-refractivity contribution in [1.82, 2.24) is 0 Å². The van der Waals surface area contributed by atoms with E-state index >= 15 is 0 Å². The van der Waals surface area contributed by atoms with Crippen LogP contribution in [0.3, 0.4) is 0 Å². The SMILES string of the molecule is BrC1=C(Br)CCC1.BrC1=[C-]CCC1.C[CH-]C.O=CC1CCCCC1.OC(C1=C(Br)CCC1)C1CCCCC1.[Cl-].[Cl-].[Cl-].[Li+].[Mg+2].[Mg+2]. The second-order valence-corrected chi connectivity index (χ2v) is 14.7. The molecule has 5 rings (SSSR count). The maximum Gasteiger partial charge on any atom is 2.00 e. The fraction of sp³-hybridized carbons (Fsp3) is 0.750. The van der Waals surface area contributed by atoms with Gasteiger partial charge in [-0.1, -0.05) is 115 Å². The van der Waals surface area contributed by atoms with Gasteiger partial charge in [0.15, 0.2) is 0 Å². The van der Waals surface area contributed by atoms with Gasteiger partial charge in [-0.05, 0) is 80.2 Å². The van der Waals surface area contributed by atoms with E-state index in [1.54, 1.807) is 0 Å². The number of halogens is 7. The number of carbonyl (C=O) groups excluding carboxylic acids is 1. The van der Waals surface area contributed by atoms with Gasteiger partial charge in [0.25, 0.3) is 0 Å². The van der Waals surface area contributed by atoms with Crippen molar-refractivity contribution in [1.29, 1.82) is 0 Å². The zero-order valence-electron chi connectivity index (χ0n) is 27.2. The number of hydrogen-bond acceptors (Lipinski definition) is 2. The summed E-state index contributed by atoms with van der Waals surface area (Å²) in [5, 5.41) is 10.3. The van der Waals surface area contributed by atoms with E-state index < -0.39 is 0 Å². The summed E-state index contributed by atoms with van der Waals surface area (Å²) >= 11 is 13.8. The van der Waals surface area contributed by atoms with Gasteiger partial charge in [-0.15, -0.1) is 0 Å². The van der Waals surface area contributed by atoms with Gasteiger partial charge in [-0.25, -0.2) is 0 Å². The van der Waals surface area contributed by atoms with Gasteiger partial charge >= 0.3 is 65.0 Å². The number of aldehydes is 1. The topological polar surface area (TPSA) is 37.3 Å². The van der Waals surface area contributed by atoms with E-state index in [4.69, 9.17) is 0 Å². The van der Waals surface area contributed by atoms with E-state index in [1.807, 2.05) is 20.3 Å². The van der Waals surface area contributed by atoms with Crippen LogP contribution in [-0.4, -0.2) is 63.6 Å². The van der Waals surface area contributed by atoms with Crippen molar-refractivity contribution >= 4 is 116 Å². The van der Waals surface area contributed by atoms with E-state index in [0.717, 1.165) is 38.4 Å². The molecule has 0 radical (unpaired) electrons. The summed E-state index contributed by atoms with van der Waals surface area (Å²) in [6, 6.07) is 0. The van der Waals surface area contributed by atoms with E-state index in [-0.39, 0.29) is 108 Å². The van der Waals surface area contributed by atoms with Crippen LogP contribution in [0.2, 0.25) is 0 Å². The molecule has 1 N–H and O–H groups in total. The molecule has 12 heteroatoms. The largest absolute Gasteiger partial charge is 2.00 e. The summed E-state index contributed by atoms with van der Waals surface area (Å²) < 4.78 is 5.26. The minimum atomic E-state index is -0.146. The second-order valence-electron chi connectivity index (χ2n) is 10.8. The van der Waals surface area contributed by atoms with Crippen molar-refractivity contribution in [3.05, 3.63) is 36.0 Å². The Bertz CT molecular complexity index is 754. The van der Waals surface area contributed by atoms with Gasteiger partial charge in [-0.2, -0.15) is 24.8 Å². The van der Waals surface area contributed by atoms with Crippen LogP contribution in [0.5, 0.6) is 0 Å². The zero-order valence-corrected chi connectivity index (χ0v) is 38.7. The first kappa shape index (κ1) is 59.9. The van der Waals surface area contributed by atoms with Crippen molar-refractivity contribution in [3.8, 4) is 0 Å². The Balaban J connectivity index is -0.000000106. The van der Waals surface area contributed by atoms with E-state index in [1.165, 1.54) is 113 Å². The minimum Gasteiger partial charge on any atom is -1.00 e. The average Bonchev–Trinajstić information content (AvgIpc) is 3.70. The molecule has 0 aliphatic heterocycles. The quantitative estimate of drug-likeness (QED) is 0.235. The third-order valence-electron chi connectivity index (χ3n) is 7.46. The number of aliphatic hydroxyl groups excluding tert-OH is 1. The molecule has 2 fully saturated rings. The predicted octanol–water partition coefficient (Wildman–Crippen LogP) is -0.565. The van der Waals surface area contributed by atoms with Crippen LogP contribution in [0.15, 0.2) is 23.5 Å². The monoisotopic (exact) mass is 942 g/mol. The van der Waals surface area contributed by atoms with Gasteiger partial charge in [0, 0.05) is 14.9 Å². The Hall–Kier alpha value is 3.77. The van der Waals surface area contributed by atoms with Gasteiger partial charge < -0.3 is 59.6 Å². The molecule has 1 unspecified atom stereocenters. The summed E-state index contributed by atoms with van der Waals surface area (Å²) in [5.41, 5.74) is 1.30. The van der Waals surface area contributed by atoms with Gasteiger partial charge in [0.1, 0.15) is 6.29 Å². The van der Waals surface area contributed by atoms with Crippen molar-refractivity contribution in [2.75, 3.05) is 0 Å². The number of allylic oxidation sites excluding steroid dienone is 5. The van der Waals surface area contributed by atoms with Crippen LogP contribution >= 0.6 is 63.7 Å². The third-order valence-corrected chi connectivity index (χ3v) is 11.3. The summed E-state index contributed by atoms with van der Waals surface area (Å²) in [4.78, 5) is 10.2. The van der Waals surface area contributed by atoms with E-state index in [2.05, 4.69) is 69.8 Å². The number of carbonyl (C=O) groups is 1. The minimum absolute atomic E-state index is 0. The van der Waals surface area contributed by atoms with Crippen LogP contribution < -0.4 is 56.1 Å². The molecule has 1 atom stereocenters.